The Kier molecular flexibility index (Phi) is 5.88. The van der Waals surface area contributed by atoms with Gasteiger partial charge in [-0.05, 0) is 24.1 Å². The second-order valence-electron chi connectivity index (χ2n) is 5.53. The van der Waals surface area contributed by atoms with Crippen LogP contribution >= 0.6 is 0 Å². The van der Waals surface area contributed by atoms with Crippen molar-refractivity contribution in [3.8, 4) is 17.7 Å². The summed E-state index contributed by atoms with van der Waals surface area (Å²) in [4.78, 5) is 16.2. The zero-order valence-corrected chi connectivity index (χ0v) is 13.5. The van der Waals surface area contributed by atoms with E-state index < -0.39 is 18.1 Å². The Hall–Kier alpha value is -2.91. The summed E-state index contributed by atoms with van der Waals surface area (Å²) in [5, 5.41) is 9.28. The van der Waals surface area contributed by atoms with Crippen molar-refractivity contribution in [3.63, 3.8) is 0 Å². The third kappa shape index (κ3) is 4.54. The lowest BCUT2D eigenvalue weighted by Gasteiger charge is -2.17. The maximum atomic E-state index is 11.9. The van der Waals surface area contributed by atoms with Gasteiger partial charge in [-0.25, -0.2) is 4.98 Å². The van der Waals surface area contributed by atoms with Gasteiger partial charge in [0.1, 0.15) is 17.9 Å². The van der Waals surface area contributed by atoms with Crippen molar-refractivity contribution in [2.75, 3.05) is 0 Å². The van der Waals surface area contributed by atoms with Crippen LogP contribution in [0.15, 0.2) is 48.5 Å². The Morgan fingerprint density at radius 1 is 1.17 bits per heavy atom. The summed E-state index contributed by atoms with van der Waals surface area (Å²) >= 11 is 0. The summed E-state index contributed by atoms with van der Waals surface area (Å²) in [6.45, 7) is 3.61. The van der Waals surface area contributed by atoms with E-state index in [9.17, 15) is 10.1 Å². The Labute approximate surface area is 140 Å². The van der Waals surface area contributed by atoms with Crippen molar-refractivity contribution in [1.29, 1.82) is 5.26 Å². The Morgan fingerprint density at radius 3 is 2.50 bits per heavy atom. The number of nitrogens with zero attached hydrogens (tertiary/aromatic N) is 2. The van der Waals surface area contributed by atoms with Gasteiger partial charge in [0.05, 0.1) is 5.69 Å². The van der Waals surface area contributed by atoms with Crippen LogP contribution in [-0.2, 0) is 9.53 Å². The van der Waals surface area contributed by atoms with E-state index in [0.717, 1.165) is 0 Å². The smallest absolute Gasteiger partial charge is 0.324 e. The Balaban J connectivity index is 2.13. The van der Waals surface area contributed by atoms with Gasteiger partial charge in [-0.2, -0.15) is 5.26 Å². The maximum Gasteiger partial charge on any atom is 0.324 e. The van der Waals surface area contributed by atoms with Crippen molar-refractivity contribution in [2.24, 2.45) is 11.7 Å². The molecule has 2 unspecified atom stereocenters. The molecule has 0 aliphatic heterocycles. The Bertz CT molecular complexity index is 726. The molecule has 2 atom stereocenters. The van der Waals surface area contributed by atoms with Crippen molar-refractivity contribution in [1.82, 2.24) is 4.98 Å². The van der Waals surface area contributed by atoms with Gasteiger partial charge in [0.2, 0.25) is 12.0 Å². The Morgan fingerprint density at radius 2 is 1.88 bits per heavy atom. The van der Waals surface area contributed by atoms with Crippen LogP contribution in [0.3, 0.4) is 0 Å². The maximum absolute atomic E-state index is 11.9. The molecule has 6 heteroatoms. The largest absolute Gasteiger partial charge is 0.439 e. The first-order valence-electron chi connectivity index (χ1n) is 7.57. The van der Waals surface area contributed by atoms with E-state index >= 15 is 0 Å². The monoisotopic (exact) mass is 325 g/mol. The van der Waals surface area contributed by atoms with Crippen molar-refractivity contribution in [2.45, 2.75) is 26.0 Å². The second-order valence-corrected chi connectivity index (χ2v) is 5.53. The summed E-state index contributed by atoms with van der Waals surface area (Å²) in [6.07, 6.45) is -1.14. The molecule has 0 aliphatic carbocycles. The summed E-state index contributed by atoms with van der Waals surface area (Å²) in [6, 6.07) is 15.2. The lowest BCUT2D eigenvalue weighted by molar-refractivity contribution is -0.149. The van der Waals surface area contributed by atoms with Gasteiger partial charge in [-0.1, -0.05) is 38.1 Å². The quantitative estimate of drug-likeness (QED) is 0.820. The molecule has 2 rings (SSSR count). The fourth-order valence-corrected chi connectivity index (χ4v) is 1.86. The van der Waals surface area contributed by atoms with E-state index in [1.165, 1.54) is 0 Å². The van der Waals surface area contributed by atoms with E-state index in [0.29, 0.717) is 11.6 Å². The van der Waals surface area contributed by atoms with Gasteiger partial charge in [0.15, 0.2) is 0 Å². The van der Waals surface area contributed by atoms with E-state index in [1.807, 2.05) is 24.3 Å². The molecule has 0 aliphatic rings. The van der Waals surface area contributed by atoms with Gasteiger partial charge in [-0.3, -0.25) is 4.79 Å². The average molecular weight is 325 g/mol. The number of pyridine rings is 1. The molecule has 0 amide bonds. The first kappa shape index (κ1) is 17.4. The van der Waals surface area contributed by atoms with Gasteiger partial charge in [0, 0.05) is 6.07 Å². The van der Waals surface area contributed by atoms with Gasteiger partial charge < -0.3 is 15.2 Å². The molecule has 2 aromatic rings. The predicted molar refractivity (Wildman–Crippen MR) is 88.0 cm³/mol. The summed E-state index contributed by atoms with van der Waals surface area (Å²) in [7, 11) is 0. The number of nitriles is 1. The number of benzene rings is 1. The van der Waals surface area contributed by atoms with Crippen LogP contribution in [0, 0.1) is 17.2 Å². The lowest BCUT2D eigenvalue weighted by atomic mass is 10.1. The summed E-state index contributed by atoms with van der Waals surface area (Å²) in [5.74, 6) is 0.211. The van der Waals surface area contributed by atoms with Gasteiger partial charge in [-0.15, -0.1) is 0 Å². The highest BCUT2D eigenvalue weighted by Crippen LogP contribution is 2.22. The van der Waals surface area contributed by atoms with Crippen LogP contribution in [0.25, 0.3) is 0 Å². The fourth-order valence-electron chi connectivity index (χ4n) is 1.86. The number of carbonyl (C=O) groups excluding carboxylic acids is 1. The highest BCUT2D eigenvalue weighted by Gasteiger charge is 2.24. The topological polar surface area (TPSA) is 98.2 Å². The molecule has 0 spiro atoms. The number of esters is 1. The molecule has 0 saturated carbocycles. The van der Waals surface area contributed by atoms with Gasteiger partial charge in [0.25, 0.3) is 0 Å². The molecule has 0 radical (unpaired) electrons. The average Bonchev–Trinajstić information content (AvgIpc) is 2.59. The molecule has 1 aromatic carbocycles. The molecule has 6 nitrogen and oxygen atoms in total. The zero-order chi connectivity index (χ0) is 17.5. The highest BCUT2D eigenvalue weighted by atomic mass is 16.5. The standard InChI is InChI=1S/C18H19N3O3/c1-12(2)17(20)18(22)24-15(11-19)14-9-6-10-16(21-14)23-13-7-4-3-5-8-13/h3-10,12,15,17H,20H2,1-2H3. The van der Waals surface area contributed by atoms with Crippen LogP contribution in [0.4, 0.5) is 0 Å². The van der Waals surface area contributed by atoms with Crippen molar-refractivity contribution >= 4 is 5.97 Å². The minimum Gasteiger partial charge on any atom is -0.439 e. The van der Waals surface area contributed by atoms with Crippen LogP contribution in [0.1, 0.15) is 25.6 Å². The third-order valence-corrected chi connectivity index (χ3v) is 3.32. The minimum atomic E-state index is -1.14. The third-order valence-electron chi connectivity index (χ3n) is 3.32. The fraction of sp³-hybridized carbons (Fsp3) is 0.278. The first-order valence-corrected chi connectivity index (χ1v) is 7.57. The van der Waals surface area contributed by atoms with E-state index in [4.69, 9.17) is 15.2 Å². The number of para-hydroxylation sites is 1. The minimum absolute atomic E-state index is 0.0856. The molecular formula is C18H19N3O3. The van der Waals surface area contributed by atoms with Crippen molar-refractivity contribution in [3.05, 3.63) is 54.2 Å². The molecule has 24 heavy (non-hydrogen) atoms. The highest BCUT2D eigenvalue weighted by molar-refractivity contribution is 5.76. The normalized spacial score (nSPS) is 13.0. The van der Waals surface area contributed by atoms with E-state index in [2.05, 4.69) is 4.98 Å². The van der Waals surface area contributed by atoms with Crippen molar-refractivity contribution < 1.29 is 14.3 Å². The van der Waals surface area contributed by atoms with Crippen LogP contribution in [0.2, 0.25) is 0 Å². The molecule has 0 bridgehead atoms. The number of rotatable bonds is 6. The number of hydrogen-bond donors (Lipinski definition) is 1. The number of nitrogens with two attached hydrogens (primary N) is 1. The molecule has 0 saturated heterocycles. The predicted octanol–water partition coefficient (Wildman–Crippen LogP) is 2.97. The van der Waals surface area contributed by atoms with E-state index in [-0.39, 0.29) is 11.6 Å². The molecule has 0 fully saturated rings. The second kappa shape index (κ2) is 8.09. The van der Waals surface area contributed by atoms with Gasteiger partial charge >= 0.3 is 5.97 Å². The number of carbonyl (C=O) groups is 1. The van der Waals surface area contributed by atoms with Crippen LogP contribution < -0.4 is 10.5 Å². The van der Waals surface area contributed by atoms with E-state index in [1.54, 1.807) is 44.2 Å². The number of ether oxygens (including phenoxy) is 2. The first-order chi connectivity index (χ1) is 11.5. The lowest BCUT2D eigenvalue weighted by Crippen LogP contribution is -2.37. The number of aromatic nitrogens is 1. The molecule has 2 N–H and O–H groups in total. The van der Waals surface area contributed by atoms with Crippen LogP contribution in [-0.4, -0.2) is 17.0 Å². The van der Waals surface area contributed by atoms with Crippen LogP contribution in [0.5, 0.6) is 11.6 Å². The summed E-state index contributed by atoms with van der Waals surface area (Å²) in [5.41, 5.74) is 6.03. The zero-order valence-electron chi connectivity index (χ0n) is 13.5. The summed E-state index contributed by atoms with van der Waals surface area (Å²) < 4.78 is 10.8. The number of hydrogen-bond acceptors (Lipinski definition) is 6. The SMILES string of the molecule is CC(C)C(N)C(=O)OC(C#N)c1cccc(Oc2ccccc2)n1. The molecule has 1 heterocycles. The molecule has 1 aromatic heterocycles. The molecule has 124 valence electrons. The molecular weight excluding hydrogens is 306 g/mol.